The van der Waals surface area contributed by atoms with E-state index in [1.807, 2.05) is 37.3 Å². The smallest absolute Gasteiger partial charge is 0.0178 e. The fourth-order valence-corrected chi connectivity index (χ4v) is 1.84. The van der Waals surface area contributed by atoms with Crippen molar-refractivity contribution in [2.75, 3.05) is 0 Å². The van der Waals surface area contributed by atoms with Crippen LogP contribution in [0.15, 0.2) is 86.5 Å². The van der Waals surface area contributed by atoms with Crippen LogP contribution in [0.4, 0.5) is 0 Å². The second-order valence-electron chi connectivity index (χ2n) is 4.00. The summed E-state index contributed by atoms with van der Waals surface area (Å²) in [5.41, 5.74) is 4.50. The molecule has 0 N–H and O–H groups in total. The highest BCUT2D eigenvalue weighted by molar-refractivity contribution is 5.80. The first-order valence-corrected chi connectivity index (χ1v) is 6.28. The highest BCUT2D eigenvalue weighted by atomic mass is 14.1. The van der Waals surface area contributed by atoms with E-state index in [2.05, 4.69) is 44.0 Å². The van der Waals surface area contributed by atoms with Gasteiger partial charge in [0.1, 0.15) is 0 Å². The van der Waals surface area contributed by atoms with Crippen molar-refractivity contribution in [3.05, 3.63) is 97.7 Å². The average Bonchev–Trinajstić information content (AvgIpc) is 2.44. The molecule has 0 fully saturated rings. The van der Waals surface area contributed by atoms with Gasteiger partial charge in [-0.2, -0.15) is 0 Å². The van der Waals surface area contributed by atoms with E-state index in [1.54, 1.807) is 12.2 Å². The van der Waals surface area contributed by atoms with Crippen molar-refractivity contribution < 1.29 is 0 Å². The lowest BCUT2D eigenvalue weighted by Gasteiger charge is -2.07. The molecule has 0 aromatic heterocycles. The Hall–Kier alpha value is -2.34. The zero-order valence-electron chi connectivity index (χ0n) is 11.5. The van der Waals surface area contributed by atoms with E-state index < -0.39 is 0 Å². The van der Waals surface area contributed by atoms with E-state index in [-0.39, 0.29) is 0 Å². The summed E-state index contributed by atoms with van der Waals surface area (Å²) in [5.74, 6) is 0. The van der Waals surface area contributed by atoms with Gasteiger partial charge in [-0.3, -0.25) is 0 Å². The van der Waals surface area contributed by atoms with Crippen LogP contribution in [-0.2, 0) is 0 Å². The van der Waals surface area contributed by atoms with E-state index in [1.165, 1.54) is 0 Å². The SMILES string of the molecule is C=C/C=C(\C=C)c1cccc(C(/C=C\C)=C/C=C)c1. The zero-order chi connectivity index (χ0) is 14.1. The first-order valence-electron chi connectivity index (χ1n) is 6.28. The van der Waals surface area contributed by atoms with Crippen LogP contribution >= 0.6 is 0 Å². The summed E-state index contributed by atoms with van der Waals surface area (Å²) in [6.45, 7) is 13.3. The third-order valence-corrected chi connectivity index (χ3v) is 2.69. The van der Waals surface area contributed by atoms with Crippen LogP contribution in [-0.4, -0.2) is 0 Å². The standard InChI is InChI=1S/C19H20/c1-5-10-16(8-4)18-13-9-14-19(15-18)17(11-6-2)12-7-3/h5-15H,1-2,4H2,3H3/b12-7-,16-10+,17-11+. The monoisotopic (exact) mass is 248 g/mol. The summed E-state index contributed by atoms with van der Waals surface area (Å²) in [5, 5.41) is 0. The maximum atomic E-state index is 3.84. The van der Waals surface area contributed by atoms with Crippen LogP contribution < -0.4 is 0 Å². The Bertz CT molecular complexity index is 551. The number of benzene rings is 1. The predicted molar refractivity (Wildman–Crippen MR) is 87.8 cm³/mol. The largest absolute Gasteiger partial charge is 0.0990 e. The molecule has 0 aliphatic heterocycles. The molecular formula is C19H20. The molecule has 0 bridgehead atoms. The minimum atomic E-state index is 1.07. The molecule has 0 aliphatic carbocycles. The third-order valence-electron chi connectivity index (χ3n) is 2.69. The molecule has 1 rings (SSSR count). The Morgan fingerprint density at radius 2 is 1.53 bits per heavy atom. The maximum absolute atomic E-state index is 3.84. The number of hydrogen-bond acceptors (Lipinski definition) is 0. The van der Waals surface area contributed by atoms with E-state index in [9.17, 15) is 0 Å². The molecule has 96 valence electrons. The molecule has 0 amide bonds. The number of rotatable bonds is 6. The van der Waals surface area contributed by atoms with Crippen molar-refractivity contribution >= 4 is 11.1 Å². The Balaban J connectivity index is 3.29. The summed E-state index contributed by atoms with van der Waals surface area (Å²) >= 11 is 0. The number of hydrogen-bond donors (Lipinski definition) is 0. The van der Waals surface area contributed by atoms with Gasteiger partial charge in [-0.05, 0) is 35.3 Å². The lowest BCUT2D eigenvalue weighted by molar-refractivity contribution is 1.56. The zero-order valence-corrected chi connectivity index (χ0v) is 11.5. The van der Waals surface area contributed by atoms with Gasteiger partial charge in [0.2, 0.25) is 0 Å². The highest BCUT2D eigenvalue weighted by Crippen LogP contribution is 2.22. The Kier molecular flexibility index (Phi) is 6.11. The van der Waals surface area contributed by atoms with Gasteiger partial charge in [-0.1, -0.05) is 80.5 Å². The van der Waals surface area contributed by atoms with Gasteiger partial charge in [0.05, 0.1) is 0 Å². The van der Waals surface area contributed by atoms with Crippen LogP contribution in [0, 0.1) is 0 Å². The van der Waals surface area contributed by atoms with Crippen LogP contribution in [0.3, 0.4) is 0 Å². The lowest BCUT2D eigenvalue weighted by atomic mass is 9.98. The molecule has 0 heteroatoms. The fraction of sp³-hybridized carbons (Fsp3) is 0.0526. The van der Waals surface area contributed by atoms with Crippen molar-refractivity contribution in [3.8, 4) is 0 Å². The predicted octanol–water partition coefficient (Wildman–Crippen LogP) is 5.59. The Morgan fingerprint density at radius 1 is 0.947 bits per heavy atom. The van der Waals surface area contributed by atoms with Crippen molar-refractivity contribution in [3.63, 3.8) is 0 Å². The van der Waals surface area contributed by atoms with Crippen molar-refractivity contribution in [2.45, 2.75) is 6.92 Å². The highest BCUT2D eigenvalue weighted by Gasteiger charge is 2.01. The molecular weight excluding hydrogens is 228 g/mol. The molecule has 0 atom stereocenters. The summed E-state index contributed by atoms with van der Waals surface area (Å²) < 4.78 is 0. The molecule has 0 radical (unpaired) electrons. The summed E-state index contributed by atoms with van der Waals surface area (Å²) in [4.78, 5) is 0. The van der Waals surface area contributed by atoms with Gasteiger partial charge < -0.3 is 0 Å². The van der Waals surface area contributed by atoms with Gasteiger partial charge in [0, 0.05) is 0 Å². The van der Waals surface area contributed by atoms with Crippen molar-refractivity contribution in [1.82, 2.24) is 0 Å². The van der Waals surface area contributed by atoms with Crippen LogP contribution in [0.25, 0.3) is 11.1 Å². The third kappa shape index (κ3) is 4.11. The number of allylic oxidation sites excluding steroid dienone is 9. The lowest BCUT2D eigenvalue weighted by Crippen LogP contribution is -1.86. The topological polar surface area (TPSA) is 0 Å². The van der Waals surface area contributed by atoms with Crippen LogP contribution in [0.2, 0.25) is 0 Å². The molecule has 0 spiro atoms. The molecule has 0 nitrogen and oxygen atoms in total. The van der Waals surface area contributed by atoms with Gasteiger partial charge in [-0.15, -0.1) is 0 Å². The summed E-state index contributed by atoms with van der Waals surface area (Å²) in [6.07, 6.45) is 13.5. The molecule has 19 heavy (non-hydrogen) atoms. The Morgan fingerprint density at radius 3 is 2.05 bits per heavy atom. The second kappa shape index (κ2) is 7.88. The van der Waals surface area contributed by atoms with E-state index in [0.29, 0.717) is 0 Å². The second-order valence-corrected chi connectivity index (χ2v) is 4.00. The fourth-order valence-electron chi connectivity index (χ4n) is 1.84. The molecule has 1 aromatic carbocycles. The van der Waals surface area contributed by atoms with E-state index in [0.717, 1.165) is 22.3 Å². The van der Waals surface area contributed by atoms with Gasteiger partial charge >= 0.3 is 0 Å². The Labute approximate surface area is 116 Å². The minimum absolute atomic E-state index is 1.07. The molecule has 0 heterocycles. The maximum Gasteiger partial charge on any atom is -0.0178 e. The molecule has 0 saturated carbocycles. The summed E-state index contributed by atoms with van der Waals surface area (Å²) in [7, 11) is 0. The average molecular weight is 248 g/mol. The van der Waals surface area contributed by atoms with Gasteiger partial charge in [-0.25, -0.2) is 0 Å². The van der Waals surface area contributed by atoms with Crippen LogP contribution in [0.1, 0.15) is 18.1 Å². The molecule has 0 aliphatic rings. The molecule has 1 aromatic rings. The minimum Gasteiger partial charge on any atom is -0.0990 e. The molecule has 0 unspecified atom stereocenters. The van der Waals surface area contributed by atoms with E-state index in [4.69, 9.17) is 0 Å². The normalized spacial score (nSPS) is 12.5. The first kappa shape index (κ1) is 14.7. The van der Waals surface area contributed by atoms with Crippen molar-refractivity contribution in [1.29, 1.82) is 0 Å². The van der Waals surface area contributed by atoms with Crippen LogP contribution in [0.5, 0.6) is 0 Å². The van der Waals surface area contributed by atoms with Crippen molar-refractivity contribution in [2.24, 2.45) is 0 Å². The quantitative estimate of drug-likeness (QED) is 0.576. The van der Waals surface area contributed by atoms with Gasteiger partial charge in [0.15, 0.2) is 0 Å². The van der Waals surface area contributed by atoms with Gasteiger partial charge in [0.25, 0.3) is 0 Å². The summed E-state index contributed by atoms with van der Waals surface area (Å²) in [6, 6.07) is 8.35. The first-order chi connectivity index (χ1) is 9.26. The van der Waals surface area contributed by atoms with E-state index >= 15 is 0 Å². The molecule has 0 saturated heterocycles.